The third-order valence-electron chi connectivity index (χ3n) is 3.12. The first-order valence-electron chi connectivity index (χ1n) is 6.00. The molecular formula is C14H22O2. The van der Waals surface area contributed by atoms with Gasteiger partial charge < -0.3 is 10.2 Å². The van der Waals surface area contributed by atoms with E-state index in [1.807, 2.05) is 6.07 Å². The Kier molecular flexibility index (Phi) is 4.22. The first-order valence-corrected chi connectivity index (χ1v) is 6.00. The largest absolute Gasteiger partial charge is 0.508 e. The van der Waals surface area contributed by atoms with Crippen LogP contribution in [0.15, 0.2) is 18.2 Å². The highest BCUT2D eigenvalue weighted by Gasteiger charge is 2.23. The maximum atomic E-state index is 9.82. The van der Waals surface area contributed by atoms with Crippen LogP contribution in [0.5, 0.6) is 11.5 Å². The number of hydrogen-bond donors (Lipinski definition) is 2. The second-order valence-electron chi connectivity index (χ2n) is 5.04. The molecule has 0 bridgehead atoms. The third kappa shape index (κ3) is 3.16. The summed E-state index contributed by atoms with van der Waals surface area (Å²) in [5.74, 6) is 0.312. The van der Waals surface area contributed by atoms with Gasteiger partial charge in [0.2, 0.25) is 0 Å². The lowest BCUT2D eigenvalue weighted by Crippen LogP contribution is -2.17. The van der Waals surface area contributed by atoms with Gasteiger partial charge in [0.15, 0.2) is 0 Å². The standard InChI is InChI=1S/C14H22O2/c1-4-5-6-9-14(2,3)12-8-7-11(15)10-13(12)16/h7-8,10,15-16H,4-6,9H2,1-3H3. The average molecular weight is 222 g/mol. The van der Waals surface area contributed by atoms with Crippen LogP contribution in [-0.4, -0.2) is 10.2 Å². The highest BCUT2D eigenvalue weighted by Crippen LogP contribution is 2.36. The molecule has 16 heavy (non-hydrogen) atoms. The zero-order chi connectivity index (χ0) is 12.2. The molecule has 0 atom stereocenters. The molecule has 0 fully saturated rings. The quantitative estimate of drug-likeness (QED) is 0.740. The van der Waals surface area contributed by atoms with Crippen molar-refractivity contribution in [1.82, 2.24) is 0 Å². The maximum absolute atomic E-state index is 9.82. The summed E-state index contributed by atoms with van der Waals surface area (Å²) in [4.78, 5) is 0. The van der Waals surface area contributed by atoms with E-state index in [9.17, 15) is 10.2 Å². The Labute approximate surface area is 97.9 Å². The molecule has 1 aromatic carbocycles. The van der Waals surface area contributed by atoms with Crippen molar-refractivity contribution in [2.75, 3.05) is 0 Å². The van der Waals surface area contributed by atoms with Gasteiger partial charge in [0.25, 0.3) is 0 Å². The van der Waals surface area contributed by atoms with Crippen molar-refractivity contribution in [3.05, 3.63) is 23.8 Å². The van der Waals surface area contributed by atoms with E-state index in [1.54, 1.807) is 6.07 Å². The normalized spacial score (nSPS) is 11.7. The Bertz CT molecular complexity index is 343. The van der Waals surface area contributed by atoms with Crippen molar-refractivity contribution in [3.8, 4) is 11.5 Å². The van der Waals surface area contributed by atoms with Crippen molar-refractivity contribution >= 4 is 0 Å². The van der Waals surface area contributed by atoms with E-state index in [1.165, 1.54) is 25.3 Å². The monoisotopic (exact) mass is 222 g/mol. The van der Waals surface area contributed by atoms with E-state index < -0.39 is 0 Å². The SMILES string of the molecule is CCCCCC(C)(C)c1ccc(O)cc1O. The van der Waals surface area contributed by atoms with Crippen LogP contribution in [0.25, 0.3) is 0 Å². The molecule has 0 aliphatic carbocycles. The van der Waals surface area contributed by atoms with Crippen LogP contribution in [0.2, 0.25) is 0 Å². The lowest BCUT2D eigenvalue weighted by molar-refractivity contribution is 0.402. The van der Waals surface area contributed by atoms with Gasteiger partial charge in [-0.15, -0.1) is 0 Å². The van der Waals surface area contributed by atoms with Crippen LogP contribution in [0.1, 0.15) is 52.0 Å². The van der Waals surface area contributed by atoms with Gasteiger partial charge >= 0.3 is 0 Å². The number of unbranched alkanes of at least 4 members (excludes halogenated alkanes) is 2. The van der Waals surface area contributed by atoms with Crippen LogP contribution >= 0.6 is 0 Å². The third-order valence-corrected chi connectivity index (χ3v) is 3.12. The van der Waals surface area contributed by atoms with Crippen LogP contribution in [-0.2, 0) is 5.41 Å². The Hall–Kier alpha value is -1.18. The van der Waals surface area contributed by atoms with E-state index in [0.717, 1.165) is 12.0 Å². The van der Waals surface area contributed by atoms with Gasteiger partial charge in [-0.25, -0.2) is 0 Å². The molecule has 0 saturated heterocycles. The van der Waals surface area contributed by atoms with Crippen LogP contribution < -0.4 is 0 Å². The Balaban J connectivity index is 2.80. The molecule has 0 spiro atoms. The fraction of sp³-hybridized carbons (Fsp3) is 0.571. The summed E-state index contributed by atoms with van der Waals surface area (Å²) >= 11 is 0. The van der Waals surface area contributed by atoms with Gasteiger partial charge in [-0.05, 0) is 23.5 Å². The summed E-state index contributed by atoms with van der Waals surface area (Å²) in [6.45, 7) is 6.45. The second-order valence-corrected chi connectivity index (χ2v) is 5.04. The molecule has 0 saturated carbocycles. The number of phenols is 2. The molecule has 2 nitrogen and oxygen atoms in total. The van der Waals surface area contributed by atoms with Crippen molar-refractivity contribution < 1.29 is 10.2 Å². The van der Waals surface area contributed by atoms with E-state index in [4.69, 9.17) is 0 Å². The molecule has 0 amide bonds. The minimum absolute atomic E-state index is 0.0348. The minimum Gasteiger partial charge on any atom is -0.508 e. The van der Waals surface area contributed by atoms with E-state index in [-0.39, 0.29) is 16.9 Å². The molecule has 0 unspecified atom stereocenters. The predicted octanol–water partition coefficient (Wildman–Crippen LogP) is 3.96. The minimum atomic E-state index is -0.0348. The van der Waals surface area contributed by atoms with Crippen LogP contribution in [0.3, 0.4) is 0 Å². The van der Waals surface area contributed by atoms with Crippen molar-refractivity contribution in [2.45, 2.75) is 51.9 Å². The number of hydrogen-bond acceptors (Lipinski definition) is 2. The fourth-order valence-corrected chi connectivity index (χ4v) is 2.04. The summed E-state index contributed by atoms with van der Waals surface area (Å²) < 4.78 is 0. The molecule has 90 valence electrons. The van der Waals surface area contributed by atoms with E-state index in [0.29, 0.717) is 0 Å². The molecule has 0 aliphatic heterocycles. The van der Waals surface area contributed by atoms with Crippen molar-refractivity contribution in [1.29, 1.82) is 0 Å². The molecule has 1 aromatic rings. The Morgan fingerprint density at radius 3 is 2.38 bits per heavy atom. The Morgan fingerprint density at radius 1 is 1.12 bits per heavy atom. The van der Waals surface area contributed by atoms with E-state index in [2.05, 4.69) is 20.8 Å². The number of benzene rings is 1. The van der Waals surface area contributed by atoms with Gasteiger partial charge in [0, 0.05) is 6.07 Å². The van der Waals surface area contributed by atoms with Gasteiger partial charge in [0.05, 0.1) is 0 Å². The summed E-state index contributed by atoms with van der Waals surface area (Å²) in [6, 6.07) is 4.87. The molecule has 1 rings (SSSR count). The Morgan fingerprint density at radius 2 is 1.81 bits per heavy atom. The molecular weight excluding hydrogens is 200 g/mol. The van der Waals surface area contributed by atoms with Gasteiger partial charge in [-0.1, -0.05) is 46.1 Å². The van der Waals surface area contributed by atoms with Gasteiger partial charge in [-0.3, -0.25) is 0 Å². The summed E-state index contributed by atoms with van der Waals surface area (Å²) in [5.41, 5.74) is 0.883. The zero-order valence-electron chi connectivity index (χ0n) is 10.5. The smallest absolute Gasteiger partial charge is 0.122 e. The fourth-order valence-electron chi connectivity index (χ4n) is 2.04. The topological polar surface area (TPSA) is 40.5 Å². The average Bonchev–Trinajstić information content (AvgIpc) is 2.17. The van der Waals surface area contributed by atoms with E-state index >= 15 is 0 Å². The molecule has 2 heteroatoms. The molecule has 0 aromatic heterocycles. The second kappa shape index (κ2) is 5.24. The zero-order valence-corrected chi connectivity index (χ0v) is 10.5. The van der Waals surface area contributed by atoms with Crippen LogP contribution in [0.4, 0.5) is 0 Å². The molecule has 2 N–H and O–H groups in total. The molecule has 0 radical (unpaired) electrons. The number of rotatable bonds is 5. The summed E-state index contributed by atoms with van der Waals surface area (Å²) in [5, 5.41) is 19.1. The molecule has 0 heterocycles. The lowest BCUT2D eigenvalue weighted by atomic mass is 9.79. The van der Waals surface area contributed by atoms with Gasteiger partial charge in [-0.2, -0.15) is 0 Å². The summed E-state index contributed by atoms with van der Waals surface area (Å²) in [6.07, 6.45) is 4.66. The summed E-state index contributed by atoms with van der Waals surface area (Å²) in [7, 11) is 0. The lowest BCUT2D eigenvalue weighted by Gasteiger charge is -2.26. The van der Waals surface area contributed by atoms with Crippen molar-refractivity contribution in [3.63, 3.8) is 0 Å². The maximum Gasteiger partial charge on any atom is 0.122 e. The van der Waals surface area contributed by atoms with Gasteiger partial charge in [0.1, 0.15) is 11.5 Å². The number of aromatic hydroxyl groups is 2. The first kappa shape index (κ1) is 12.9. The first-order chi connectivity index (χ1) is 7.47. The highest BCUT2D eigenvalue weighted by molar-refractivity contribution is 5.42. The van der Waals surface area contributed by atoms with Crippen molar-refractivity contribution in [2.24, 2.45) is 0 Å². The van der Waals surface area contributed by atoms with Crippen LogP contribution in [0, 0.1) is 0 Å². The molecule has 0 aliphatic rings. The predicted molar refractivity (Wildman–Crippen MR) is 66.9 cm³/mol. The number of phenolic OH excluding ortho intramolecular Hbond substituents is 2. The highest BCUT2D eigenvalue weighted by atomic mass is 16.3.